The van der Waals surface area contributed by atoms with Crippen molar-refractivity contribution in [2.24, 2.45) is 11.8 Å². The van der Waals surface area contributed by atoms with Gasteiger partial charge in [-0.15, -0.1) is 0 Å². The van der Waals surface area contributed by atoms with Crippen molar-refractivity contribution in [3.63, 3.8) is 0 Å². The van der Waals surface area contributed by atoms with Gasteiger partial charge in [-0.25, -0.2) is 12.7 Å². The van der Waals surface area contributed by atoms with E-state index in [0.717, 1.165) is 63.0 Å². The zero-order chi connectivity index (χ0) is 23.1. The Balaban J connectivity index is 1.86. The first-order chi connectivity index (χ1) is 14.6. The molecule has 176 valence electrons. The van der Waals surface area contributed by atoms with Gasteiger partial charge in [0, 0.05) is 26.7 Å². The summed E-state index contributed by atoms with van der Waals surface area (Å²) >= 11 is 0. The van der Waals surface area contributed by atoms with Crippen molar-refractivity contribution < 1.29 is 26.7 Å². The first-order valence-electron chi connectivity index (χ1n) is 10.7. The van der Waals surface area contributed by atoms with E-state index in [-0.39, 0.29) is 17.4 Å². The van der Waals surface area contributed by atoms with Crippen LogP contribution in [0.5, 0.6) is 0 Å². The summed E-state index contributed by atoms with van der Waals surface area (Å²) in [5, 5.41) is 9.03. The van der Waals surface area contributed by atoms with E-state index in [1.807, 2.05) is 0 Å². The molecule has 0 aromatic heterocycles. The Morgan fingerprint density at radius 3 is 2.26 bits per heavy atom. The second kappa shape index (κ2) is 11.4. The Morgan fingerprint density at radius 2 is 1.74 bits per heavy atom. The summed E-state index contributed by atoms with van der Waals surface area (Å²) in [6, 6.07) is 3.65. The molecule has 0 heterocycles. The van der Waals surface area contributed by atoms with Crippen molar-refractivity contribution in [3.05, 3.63) is 42.0 Å². The van der Waals surface area contributed by atoms with Crippen molar-refractivity contribution in [1.29, 1.82) is 0 Å². The monoisotopic (exact) mass is 462 g/mol. The second-order valence-electron chi connectivity index (χ2n) is 8.13. The summed E-state index contributed by atoms with van der Waals surface area (Å²) in [4.78, 5) is 2.03. The lowest BCUT2D eigenvalue weighted by Crippen LogP contribution is -2.33. The molecular formula is C22H33F3N2O3S. The average molecular weight is 463 g/mol. The molecule has 5 nitrogen and oxygen atoms in total. The van der Waals surface area contributed by atoms with Gasteiger partial charge in [0.25, 0.3) is 0 Å². The maximum atomic E-state index is 12.7. The quantitative estimate of drug-likeness (QED) is 0.534. The molecule has 0 bridgehead atoms. The highest BCUT2D eigenvalue weighted by Gasteiger charge is 2.31. The van der Waals surface area contributed by atoms with Crippen LogP contribution in [0.4, 0.5) is 13.2 Å². The van der Waals surface area contributed by atoms with E-state index in [9.17, 15) is 21.6 Å². The van der Waals surface area contributed by atoms with Crippen LogP contribution in [0.25, 0.3) is 0 Å². The fourth-order valence-electron chi connectivity index (χ4n) is 3.94. The number of hydrogen-bond acceptors (Lipinski definition) is 4. The van der Waals surface area contributed by atoms with Crippen molar-refractivity contribution in [1.82, 2.24) is 9.21 Å². The van der Waals surface area contributed by atoms with Crippen LogP contribution in [0.1, 0.15) is 38.2 Å². The third-order valence-electron chi connectivity index (χ3n) is 5.93. The highest BCUT2D eigenvalue weighted by atomic mass is 32.2. The minimum Gasteiger partial charge on any atom is -0.395 e. The van der Waals surface area contributed by atoms with E-state index in [1.54, 1.807) is 0 Å². The standard InChI is InChI=1S/C22H33F3N2O3S/c1-3-27(15-16-28)14-4-5-18-6-8-19(9-7-18)17-26(2)31(29,30)21-12-10-20(11-13-21)22(23,24)25/h4-5,10-13,18-19,28H,3,6-9,14-17H2,1-2H3/b5-4+. The number of alkyl halides is 3. The lowest BCUT2D eigenvalue weighted by molar-refractivity contribution is -0.137. The summed E-state index contributed by atoms with van der Waals surface area (Å²) in [5.41, 5.74) is -0.862. The zero-order valence-electron chi connectivity index (χ0n) is 18.2. The number of aliphatic hydroxyl groups excluding tert-OH is 1. The fourth-order valence-corrected chi connectivity index (χ4v) is 5.19. The molecule has 1 aromatic rings. The van der Waals surface area contributed by atoms with Gasteiger partial charge in [-0.05, 0) is 68.3 Å². The number of aliphatic hydroxyl groups is 1. The molecule has 0 saturated heterocycles. The summed E-state index contributed by atoms with van der Waals surface area (Å²) in [5.74, 6) is 0.710. The predicted octanol–water partition coefficient (Wildman–Crippen LogP) is 4.00. The molecular weight excluding hydrogens is 429 g/mol. The molecule has 1 N–H and O–H groups in total. The average Bonchev–Trinajstić information content (AvgIpc) is 2.73. The fraction of sp³-hybridized carbons (Fsp3) is 0.636. The van der Waals surface area contributed by atoms with Crippen LogP contribution in [-0.4, -0.2) is 62.6 Å². The molecule has 1 fully saturated rings. The van der Waals surface area contributed by atoms with Gasteiger partial charge >= 0.3 is 6.18 Å². The molecule has 0 spiro atoms. The van der Waals surface area contributed by atoms with Gasteiger partial charge < -0.3 is 5.11 Å². The Kier molecular flexibility index (Phi) is 9.54. The smallest absolute Gasteiger partial charge is 0.395 e. The Hall–Kier alpha value is -1.42. The van der Waals surface area contributed by atoms with Crippen molar-refractivity contribution in [2.75, 3.05) is 39.8 Å². The van der Waals surface area contributed by atoms with Crippen LogP contribution in [0.15, 0.2) is 41.3 Å². The summed E-state index contributed by atoms with van der Waals surface area (Å²) in [6.07, 6.45) is 3.67. The molecule has 9 heteroatoms. The molecule has 1 saturated carbocycles. The SMILES string of the molecule is CCN(C/C=C/C1CCC(CN(C)S(=O)(=O)c2ccc(C(F)(F)F)cc2)CC1)CCO. The number of nitrogens with zero attached hydrogens (tertiary/aromatic N) is 2. The first-order valence-corrected chi connectivity index (χ1v) is 12.2. The summed E-state index contributed by atoms with van der Waals surface area (Å²) < 4.78 is 64.8. The van der Waals surface area contributed by atoms with Crippen LogP contribution < -0.4 is 0 Å². The summed E-state index contributed by atoms with van der Waals surface area (Å²) in [6.45, 7) is 4.93. The number of likely N-dealkylation sites (N-methyl/N-ethyl adjacent to an activating group) is 1. The predicted molar refractivity (Wildman–Crippen MR) is 115 cm³/mol. The Bertz CT molecular complexity index is 802. The van der Waals surface area contributed by atoms with E-state index in [0.29, 0.717) is 19.0 Å². The van der Waals surface area contributed by atoms with Gasteiger partial charge in [-0.3, -0.25) is 4.90 Å². The van der Waals surface area contributed by atoms with Gasteiger partial charge in [0.1, 0.15) is 0 Å². The largest absolute Gasteiger partial charge is 0.416 e. The van der Waals surface area contributed by atoms with Gasteiger partial charge in [0.05, 0.1) is 17.1 Å². The van der Waals surface area contributed by atoms with Crippen LogP contribution in [0.2, 0.25) is 0 Å². The molecule has 1 aromatic carbocycles. The second-order valence-corrected chi connectivity index (χ2v) is 10.2. The third-order valence-corrected chi connectivity index (χ3v) is 7.77. The number of allylic oxidation sites excluding steroid dienone is 1. The molecule has 1 aliphatic carbocycles. The lowest BCUT2D eigenvalue weighted by Gasteiger charge is -2.30. The third kappa shape index (κ3) is 7.59. The number of rotatable bonds is 10. The van der Waals surface area contributed by atoms with Crippen molar-refractivity contribution >= 4 is 10.0 Å². The first kappa shape index (κ1) is 25.8. The van der Waals surface area contributed by atoms with Gasteiger partial charge in [0.15, 0.2) is 0 Å². The van der Waals surface area contributed by atoms with Crippen molar-refractivity contribution in [2.45, 2.75) is 43.7 Å². The normalized spacial score (nSPS) is 20.8. The van der Waals surface area contributed by atoms with Crippen LogP contribution in [0, 0.1) is 11.8 Å². The Morgan fingerprint density at radius 1 is 1.13 bits per heavy atom. The number of halogens is 3. The maximum absolute atomic E-state index is 12.7. The lowest BCUT2D eigenvalue weighted by atomic mass is 9.82. The van der Waals surface area contributed by atoms with Crippen LogP contribution >= 0.6 is 0 Å². The minimum atomic E-state index is -4.49. The van der Waals surface area contributed by atoms with E-state index >= 15 is 0 Å². The molecule has 0 aliphatic heterocycles. The topological polar surface area (TPSA) is 60.9 Å². The molecule has 1 aliphatic rings. The maximum Gasteiger partial charge on any atom is 0.416 e. The molecule has 2 rings (SSSR count). The van der Waals surface area contributed by atoms with E-state index in [1.165, 1.54) is 11.4 Å². The number of hydrogen-bond donors (Lipinski definition) is 1. The molecule has 0 atom stereocenters. The van der Waals surface area contributed by atoms with Gasteiger partial charge in [0.2, 0.25) is 10.0 Å². The Labute approximate surface area is 183 Å². The molecule has 31 heavy (non-hydrogen) atoms. The van der Waals surface area contributed by atoms with Crippen molar-refractivity contribution in [3.8, 4) is 0 Å². The van der Waals surface area contributed by atoms with E-state index in [4.69, 9.17) is 5.11 Å². The number of sulfonamides is 1. The molecule has 0 unspecified atom stereocenters. The van der Waals surface area contributed by atoms with Crippen LogP contribution in [-0.2, 0) is 16.2 Å². The van der Waals surface area contributed by atoms with Crippen LogP contribution in [0.3, 0.4) is 0 Å². The molecule has 0 radical (unpaired) electrons. The van der Waals surface area contributed by atoms with E-state index < -0.39 is 21.8 Å². The summed E-state index contributed by atoms with van der Waals surface area (Å²) in [7, 11) is -2.33. The van der Waals surface area contributed by atoms with Gasteiger partial charge in [-0.1, -0.05) is 19.1 Å². The highest BCUT2D eigenvalue weighted by Crippen LogP contribution is 2.32. The van der Waals surface area contributed by atoms with E-state index in [2.05, 4.69) is 24.0 Å². The highest BCUT2D eigenvalue weighted by molar-refractivity contribution is 7.89. The minimum absolute atomic E-state index is 0.122. The molecule has 0 amide bonds. The van der Waals surface area contributed by atoms with Gasteiger partial charge in [-0.2, -0.15) is 13.2 Å². The number of benzene rings is 1. The zero-order valence-corrected chi connectivity index (χ0v) is 19.0.